The highest BCUT2D eigenvalue weighted by Gasteiger charge is 2.40. The predicted molar refractivity (Wildman–Crippen MR) is 80.8 cm³/mol. The minimum absolute atomic E-state index is 0.119. The topological polar surface area (TPSA) is 68.2 Å². The van der Waals surface area contributed by atoms with E-state index in [2.05, 4.69) is 28.3 Å². The van der Waals surface area contributed by atoms with E-state index in [0.717, 1.165) is 30.8 Å². The molecule has 6 heteroatoms. The number of aromatic nitrogens is 2. The van der Waals surface area contributed by atoms with E-state index in [-0.39, 0.29) is 6.04 Å². The van der Waals surface area contributed by atoms with Crippen LogP contribution in [0.15, 0.2) is 4.52 Å². The second kappa shape index (κ2) is 6.03. The van der Waals surface area contributed by atoms with Crippen molar-refractivity contribution in [1.29, 1.82) is 0 Å². The summed E-state index contributed by atoms with van der Waals surface area (Å²) in [5.41, 5.74) is 6.10. The van der Waals surface area contributed by atoms with Crippen LogP contribution in [0.3, 0.4) is 0 Å². The number of hydrogen-bond acceptors (Lipinski definition) is 6. The lowest BCUT2D eigenvalue weighted by Crippen LogP contribution is -2.39. The molecule has 0 aliphatic carbocycles. The summed E-state index contributed by atoms with van der Waals surface area (Å²) in [7, 11) is 2.25. The van der Waals surface area contributed by atoms with E-state index >= 15 is 0 Å². The van der Waals surface area contributed by atoms with Gasteiger partial charge in [-0.3, -0.25) is 0 Å². The van der Waals surface area contributed by atoms with Crippen LogP contribution in [0, 0.1) is 0 Å². The molecule has 2 aliphatic rings. The Kier molecular flexibility index (Phi) is 4.33. The lowest BCUT2D eigenvalue weighted by atomic mass is 9.90. The maximum absolute atomic E-state index is 6.10. The van der Waals surface area contributed by atoms with Crippen LogP contribution in [-0.4, -0.2) is 46.2 Å². The fraction of sp³-hybridized carbons (Fsp3) is 0.857. The molecule has 0 radical (unpaired) electrons. The smallest absolute Gasteiger partial charge is 0.243 e. The summed E-state index contributed by atoms with van der Waals surface area (Å²) in [5, 5.41) is 4.20. The molecule has 2 saturated heterocycles. The van der Waals surface area contributed by atoms with Crippen LogP contribution in [0.1, 0.15) is 55.8 Å². The Balaban J connectivity index is 1.65. The molecule has 3 rings (SSSR count). The molecular formula is C14H24N4OS. The van der Waals surface area contributed by atoms with Gasteiger partial charge < -0.3 is 15.2 Å². The predicted octanol–water partition coefficient (Wildman–Crippen LogP) is 2.16. The van der Waals surface area contributed by atoms with Crippen molar-refractivity contribution < 1.29 is 4.52 Å². The third-order valence-electron chi connectivity index (χ3n) is 4.87. The highest BCUT2D eigenvalue weighted by Crippen LogP contribution is 2.41. The molecule has 112 valence electrons. The fourth-order valence-electron chi connectivity index (χ4n) is 3.55. The van der Waals surface area contributed by atoms with E-state index in [4.69, 9.17) is 10.3 Å². The average molecular weight is 296 g/mol. The Bertz CT molecular complexity index is 438. The molecule has 0 saturated carbocycles. The van der Waals surface area contributed by atoms with Gasteiger partial charge in [0.05, 0.1) is 6.04 Å². The molecule has 3 atom stereocenters. The SMILES string of the molecule is CSCC[C@@H](N)c1nc(C2CC3CCC(C2)N3C)no1. The van der Waals surface area contributed by atoms with Gasteiger partial charge in [0.25, 0.3) is 0 Å². The lowest BCUT2D eigenvalue weighted by molar-refractivity contribution is 0.157. The Labute approximate surface area is 124 Å². The second-order valence-corrected chi connectivity index (χ2v) is 7.08. The molecule has 2 bridgehead atoms. The Hall–Kier alpha value is -0.590. The molecule has 2 N–H and O–H groups in total. The van der Waals surface area contributed by atoms with Crippen molar-refractivity contribution in [2.75, 3.05) is 19.1 Å². The van der Waals surface area contributed by atoms with Gasteiger partial charge in [0.15, 0.2) is 5.82 Å². The van der Waals surface area contributed by atoms with E-state index in [1.165, 1.54) is 12.8 Å². The third kappa shape index (κ3) is 2.73. The minimum Gasteiger partial charge on any atom is -0.338 e. The number of fused-ring (bicyclic) bond motifs is 2. The van der Waals surface area contributed by atoms with Crippen molar-refractivity contribution in [2.45, 2.75) is 56.1 Å². The molecule has 2 unspecified atom stereocenters. The van der Waals surface area contributed by atoms with E-state index in [0.29, 0.717) is 23.9 Å². The number of rotatable bonds is 5. The summed E-state index contributed by atoms with van der Waals surface area (Å²) in [6, 6.07) is 1.28. The van der Waals surface area contributed by atoms with Gasteiger partial charge >= 0.3 is 0 Å². The van der Waals surface area contributed by atoms with Gasteiger partial charge in [0.1, 0.15) is 0 Å². The first-order valence-electron chi connectivity index (χ1n) is 7.49. The van der Waals surface area contributed by atoms with Gasteiger partial charge in [0.2, 0.25) is 5.89 Å². The standard InChI is InChI=1S/C14H24N4OS/c1-18-10-3-4-11(18)8-9(7-10)13-16-14(19-17-13)12(15)5-6-20-2/h9-12H,3-8,15H2,1-2H3/t9?,10?,11?,12-/m1/s1. The zero-order valence-corrected chi connectivity index (χ0v) is 13.1. The van der Waals surface area contributed by atoms with Crippen LogP contribution in [-0.2, 0) is 0 Å². The number of thioether (sulfide) groups is 1. The quantitative estimate of drug-likeness (QED) is 0.898. The van der Waals surface area contributed by atoms with Gasteiger partial charge in [-0.25, -0.2) is 0 Å². The molecule has 2 fully saturated rings. The van der Waals surface area contributed by atoms with Crippen molar-refractivity contribution >= 4 is 11.8 Å². The highest BCUT2D eigenvalue weighted by atomic mass is 32.2. The van der Waals surface area contributed by atoms with Gasteiger partial charge in [0, 0.05) is 18.0 Å². The van der Waals surface area contributed by atoms with Crippen LogP contribution >= 0.6 is 11.8 Å². The monoisotopic (exact) mass is 296 g/mol. The molecular weight excluding hydrogens is 272 g/mol. The number of hydrogen-bond donors (Lipinski definition) is 1. The summed E-state index contributed by atoms with van der Waals surface area (Å²) in [6.45, 7) is 0. The first-order valence-corrected chi connectivity index (χ1v) is 8.88. The highest BCUT2D eigenvalue weighted by molar-refractivity contribution is 7.98. The van der Waals surface area contributed by atoms with E-state index in [1.807, 2.05) is 0 Å². The molecule has 1 aromatic heterocycles. The first-order chi connectivity index (χ1) is 9.69. The molecule has 0 amide bonds. The molecule has 5 nitrogen and oxygen atoms in total. The van der Waals surface area contributed by atoms with Gasteiger partial charge in [-0.15, -0.1) is 0 Å². The fourth-order valence-corrected chi connectivity index (χ4v) is 4.04. The third-order valence-corrected chi connectivity index (χ3v) is 5.51. The molecule has 3 heterocycles. The minimum atomic E-state index is -0.119. The molecule has 2 aliphatic heterocycles. The van der Waals surface area contributed by atoms with E-state index < -0.39 is 0 Å². The zero-order chi connectivity index (χ0) is 14.1. The second-order valence-electron chi connectivity index (χ2n) is 6.10. The average Bonchev–Trinajstić information content (AvgIpc) is 2.99. The maximum Gasteiger partial charge on any atom is 0.243 e. The van der Waals surface area contributed by atoms with Crippen molar-refractivity contribution in [2.24, 2.45) is 5.73 Å². The van der Waals surface area contributed by atoms with Crippen molar-refractivity contribution in [3.63, 3.8) is 0 Å². The van der Waals surface area contributed by atoms with Crippen LogP contribution in [0.2, 0.25) is 0 Å². The summed E-state index contributed by atoms with van der Waals surface area (Å²) in [5.74, 6) is 2.97. The first kappa shape index (κ1) is 14.4. The molecule has 0 spiro atoms. The summed E-state index contributed by atoms with van der Waals surface area (Å²) in [4.78, 5) is 7.11. The Morgan fingerprint density at radius 1 is 1.40 bits per heavy atom. The van der Waals surface area contributed by atoms with E-state index in [9.17, 15) is 0 Å². The van der Waals surface area contributed by atoms with Crippen molar-refractivity contribution in [3.8, 4) is 0 Å². The Morgan fingerprint density at radius 2 is 2.10 bits per heavy atom. The summed E-state index contributed by atoms with van der Waals surface area (Å²) >= 11 is 1.79. The van der Waals surface area contributed by atoms with Crippen LogP contribution in [0.4, 0.5) is 0 Å². The van der Waals surface area contributed by atoms with Gasteiger partial charge in [-0.05, 0) is 51.2 Å². The van der Waals surface area contributed by atoms with Crippen LogP contribution in [0.25, 0.3) is 0 Å². The lowest BCUT2D eigenvalue weighted by Gasteiger charge is -2.34. The largest absolute Gasteiger partial charge is 0.338 e. The normalized spacial score (nSPS) is 31.6. The van der Waals surface area contributed by atoms with E-state index in [1.54, 1.807) is 11.8 Å². The number of nitrogens with two attached hydrogens (primary N) is 1. The summed E-state index contributed by atoms with van der Waals surface area (Å²) < 4.78 is 5.39. The number of piperidine rings is 1. The number of nitrogens with zero attached hydrogens (tertiary/aromatic N) is 3. The maximum atomic E-state index is 6.10. The molecule has 1 aromatic rings. The summed E-state index contributed by atoms with van der Waals surface area (Å²) in [6.07, 6.45) is 7.92. The van der Waals surface area contributed by atoms with Crippen LogP contribution in [0.5, 0.6) is 0 Å². The van der Waals surface area contributed by atoms with Gasteiger partial charge in [-0.2, -0.15) is 16.7 Å². The van der Waals surface area contributed by atoms with Crippen molar-refractivity contribution in [1.82, 2.24) is 15.0 Å². The zero-order valence-electron chi connectivity index (χ0n) is 12.3. The van der Waals surface area contributed by atoms with Crippen molar-refractivity contribution in [3.05, 3.63) is 11.7 Å². The molecule has 20 heavy (non-hydrogen) atoms. The Morgan fingerprint density at radius 3 is 2.75 bits per heavy atom. The van der Waals surface area contributed by atoms with Gasteiger partial charge in [-0.1, -0.05) is 5.16 Å². The molecule has 0 aromatic carbocycles. The van der Waals surface area contributed by atoms with Crippen LogP contribution < -0.4 is 5.73 Å².